The largest absolute Gasteiger partial charge is 0.309 e. The van der Waals surface area contributed by atoms with Gasteiger partial charge in [0.25, 0.3) is 0 Å². The predicted molar refractivity (Wildman–Crippen MR) is 76.7 cm³/mol. The molecule has 0 saturated heterocycles. The molecule has 3 unspecified atom stereocenters. The molecular weight excluding hydrogens is 242 g/mol. The van der Waals surface area contributed by atoms with Crippen LogP contribution in [0.2, 0.25) is 0 Å². The maximum absolute atomic E-state index is 4.05. The van der Waals surface area contributed by atoms with Crippen molar-refractivity contribution in [1.29, 1.82) is 0 Å². The van der Waals surface area contributed by atoms with Crippen LogP contribution in [0.3, 0.4) is 0 Å². The lowest BCUT2D eigenvalue weighted by molar-refractivity contribution is 0.177. The molecule has 2 rings (SSSR count). The molecular formula is C14H25N3S. The smallest absolute Gasteiger partial charge is 0.0669 e. The zero-order valence-electron chi connectivity index (χ0n) is 11.6. The van der Waals surface area contributed by atoms with Gasteiger partial charge in [-0.3, -0.25) is 0 Å². The first kappa shape index (κ1) is 13.9. The molecule has 18 heavy (non-hydrogen) atoms. The number of hydrogen-bond acceptors (Lipinski definition) is 4. The number of hydrogen-bond donors (Lipinski definition) is 1. The Morgan fingerprint density at radius 1 is 1.39 bits per heavy atom. The van der Waals surface area contributed by atoms with Crippen molar-refractivity contribution in [2.75, 3.05) is 6.54 Å². The summed E-state index contributed by atoms with van der Waals surface area (Å²) in [5.74, 6) is 1.65. The van der Waals surface area contributed by atoms with Crippen molar-refractivity contribution in [1.82, 2.24) is 14.9 Å². The second-order valence-corrected chi connectivity index (χ2v) is 6.19. The van der Waals surface area contributed by atoms with E-state index < -0.39 is 0 Å². The Morgan fingerprint density at radius 3 is 2.89 bits per heavy atom. The minimum absolute atomic E-state index is 0.482. The number of nitrogens with zero attached hydrogens (tertiary/aromatic N) is 2. The van der Waals surface area contributed by atoms with Gasteiger partial charge >= 0.3 is 0 Å². The van der Waals surface area contributed by atoms with E-state index in [1.54, 1.807) is 11.5 Å². The van der Waals surface area contributed by atoms with Crippen LogP contribution in [-0.4, -0.2) is 16.1 Å². The molecule has 3 atom stereocenters. The quantitative estimate of drug-likeness (QED) is 0.852. The van der Waals surface area contributed by atoms with E-state index in [0.717, 1.165) is 18.4 Å². The fraction of sp³-hybridized carbons (Fsp3) is 0.857. The Balaban J connectivity index is 2.11. The maximum atomic E-state index is 4.05. The summed E-state index contributed by atoms with van der Waals surface area (Å²) < 4.78 is 4.05. The molecule has 3 nitrogen and oxygen atoms in total. The number of nitrogens with one attached hydrogen (secondary N) is 1. The Bertz CT molecular complexity index is 326. The Labute approximate surface area is 115 Å². The van der Waals surface area contributed by atoms with E-state index in [9.17, 15) is 0 Å². The third-order valence-electron chi connectivity index (χ3n) is 4.22. The van der Waals surface area contributed by atoms with Crippen molar-refractivity contribution in [3.63, 3.8) is 0 Å². The molecule has 0 amide bonds. The van der Waals surface area contributed by atoms with Crippen LogP contribution in [0, 0.1) is 11.8 Å². The van der Waals surface area contributed by atoms with Gasteiger partial charge < -0.3 is 5.32 Å². The van der Waals surface area contributed by atoms with E-state index in [1.807, 2.05) is 6.20 Å². The van der Waals surface area contributed by atoms with E-state index in [0.29, 0.717) is 6.04 Å². The molecule has 0 bridgehead atoms. The zero-order chi connectivity index (χ0) is 12.8. The molecule has 102 valence electrons. The van der Waals surface area contributed by atoms with Crippen LogP contribution < -0.4 is 5.32 Å². The van der Waals surface area contributed by atoms with Crippen LogP contribution in [0.4, 0.5) is 0 Å². The third-order valence-corrected chi connectivity index (χ3v) is 4.97. The molecule has 0 aromatic carbocycles. The van der Waals surface area contributed by atoms with Crippen molar-refractivity contribution in [3.8, 4) is 0 Å². The summed E-state index contributed by atoms with van der Waals surface area (Å²) in [4.78, 5) is 1.33. The fourth-order valence-electron chi connectivity index (χ4n) is 3.26. The van der Waals surface area contributed by atoms with Gasteiger partial charge in [-0.1, -0.05) is 44.0 Å². The van der Waals surface area contributed by atoms with Crippen LogP contribution in [0.5, 0.6) is 0 Å². The summed E-state index contributed by atoms with van der Waals surface area (Å²) in [5.41, 5.74) is 0. The molecule has 1 heterocycles. The summed E-state index contributed by atoms with van der Waals surface area (Å²) in [6, 6.07) is 0.482. The van der Waals surface area contributed by atoms with E-state index in [2.05, 4.69) is 28.8 Å². The first-order valence-corrected chi connectivity index (χ1v) is 8.14. The van der Waals surface area contributed by atoms with Crippen molar-refractivity contribution in [3.05, 3.63) is 11.1 Å². The lowest BCUT2D eigenvalue weighted by Crippen LogP contribution is -2.34. The van der Waals surface area contributed by atoms with Gasteiger partial charge in [0, 0.05) is 6.04 Å². The zero-order valence-corrected chi connectivity index (χ0v) is 12.4. The van der Waals surface area contributed by atoms with Crippen LogP contribution in [-0.2, 0) is 0 Å². The molecule has 1 N–H and O–H groups in total. The minimum Gasteiger partial charge on any atom is -0.309 e. The predicted octanol–water partition coefficient (Wildman–Crippen LogP) is 3.80. The Kier molecular flexibility index (Phi) is 5.57. The van der Waals surface area contributed by atoms with Gasteiger partial charge in [-0.25, -0.2) is 0 Å². The van der Waals surface area contributed by atoms with Gasteiger partial charge in [0.05, 0.1) is 11.1 Å². The molecule has 1 aromatic heterocycles. The van der Waals surface area contributed by atoms with Gasteiger partial charge in [-0.2, -0.15) is 0 Å². The van der Waals surface area contributed by atoms with Crippen molar-refractivity contribution < 1.29 is 0 Å². The summed E-state index contributed by atoms with van der Waals surface area (Å²) in [7, 11) is 0. The van der Waals surface area contributed by atoms with E-state index >= 15 is 0 Å². The average molecular weight is 267 g/mol. The molecule has 1 aromatic rings. The minimum atomic E-state index is 0.482. The van der Waals surface area contributed by atoms with E-state index in [1.165, 1.54) is 43.4 Å². The highest BCUT2D eigenvalue weighted by atomic mass is 32.1. The molecule has 0 aliphatic heterocycles. The Morgan fingerprint density at radius 2 is 2.22 bits per heavy atom. The van der Waals surface area contributed by atoms with Gasteiger partial charge in [0.1, 0.15) is 0 Å². The molecule has 0 spiro atoms. The normalized spacial score (nSPS) is 26.1. The van der Waals surface area contributed by atoms with Crippen LogP contribution in [0.15, 0.2) is 6.20 Å². The van der Waals surface area contributed by atoms with Crippen LogP contribution in [0.1, 0.15) is 63.3 Å². The van der Waals surface area contributed by atoms with Gasteiger partial charge in [0.15, 0.2) is 0 Å². The van der Waals surface area contributed by atoms with Gasteiger partial charge in [0.2, 0.25) is 0 Å². The van der Waals surface area contributed by atoms with Gasteiger partial charge in [-0.05, 0) is 42.8 Å². The summed E-state index contributed by atoms with van der Waals surface area (Å²) in [6.07, 6.45) is 10.0. The molecule has 4 heteroatoms. The van der Waals surface area contributed by atoms with Crippen molar-refractivity contribution >= 4 is 11.5 Å². The van der Waals surface area contributed by atoms with Crippen molar-refractivity contribution in [2.24, 2.45) is 11.8 Å². The summed E-state index contributed by atoms with van der Waals surface area (Å²) in [5, 5.41) is 7.76. The van der Waals surface area contributed by atoms with Crippen molar-refractivity contribution in [2.45, 2.75) is 58.4 Å². The molecule has 1 saturated carbocycles. The van der Waals surface area contributed by atoms with Crippen LogP contribution in [0.25, 0.3) is 0 Å². The average Bonchev–Trinajstić information content (AvgIpc) is 2.94. The first-order chi connectivity index (χ1) is 8.86. The SMILES string of the molecule is CCCNC(c1cnns1)C1CCCCC1CC. The summed E-state index contributed by atoms with van der Waals surface area (Å²) >= 11 is 1.56. The molecule has 1 aliphatic carbocycles. The van der Waals surface area contributed by atoms with Crippen LogP contribution >= 0.6 is 11.5 Å². The molecule has 0 radical (unpaired) electrons. The molecule has 1 fully saturated rings. The number of aromatic nitrogens is 2. The first-order valence-electron chi connectivity index (χ1n) is 7.37. The standard InChI is InChI=1S/C14H25N3S/c1-3-9-15-14(13-10-16-17-18-13)12-8-6-5-7-11(12)4-2/h10-12,14-15H,3-9H2,1-2H3. The topological polar surface area (TPSA) is 37.8 Å². The third kappa shape index (κ3) is 3.29. The highest BCUT2D eigenvalue weighted by Crippen LogP contribution is 2.40. The van der Waals surface area contributed by atoms with E-state index in [-0.39, 0.29) is 0 Å². The lowest BCUT2D eigenvalue weighted by Gasteiger charge is -2.36. The highest BCUT2D eigenvalue weighted by molar-refractivity contribution is 7.05. The van der Waals surface area contributed by atoms with Gasteiger partial charge in [-0.15, -0.1) is 5.10 Å². The maximum Gasteiger partial charge on any atom is 0.0669 e. The summed E-state index contributed by atoms with van der Waals surface area (Å²) in [6.45, 7) is 5.66. The lowest BCUT2D eigenvalue weighted by atomic mass is 9.73. The highest BCUT2D eigenvalue weighted by Gasteiger charge is 2.32. The fourth-order valence-corrected chi connectivity index (χ4v) is 3.91. The second-order valence-electron chi connectivity index (χ2n) is 5.37. The van der Waals surface area contributed by atoms with E-state index in [4.69, 9.17) is 0 Å². The molecule has 1 aliphatic rings. The monoisotopic (exact) mass is 267 g/mol. The number of rotatable bonds is 6. The Hall–Kier alpha value is -0.480. The second kappa shape index (κ2) is 7.19.